The molecule has 108 valence electrons. The summed E-state index contributed by atoms with van der Waals surface area (Å²) in [5, 5.41) is 14.9. The van der Waals surface area contributed by atoms with Crippen LogP contribution in [-0.4, -0.2) is 22.1 Å². The van der Waals surface area contributed by atoms with Crippen molar-refractivity contribution >= 4 is 18.0 Å². The molecule has 0 atom stereocenters. The Morgan fingerprint density at radius 2 is 2.19 bits per heavy atom. The summed E-state index contributed by atoms with van der Waals surface area (Å²) in [4.78, 5) is 22.6. The van der Waals surface area contributed by atoms with Crippen LogP contribution >= 0.6 is 0 Å². The van der Waals surface area contributed by atoms with Crippen molar-refractivity contribution in [2.75, 3.05) is 0 Å². The van der Waals surface area contributed by atoms with Crippen LogP contribution < -0.4 is 5.32 Å². The van der Waals surface area contributed by atoms with Crippen molar-refractivity contribution in [3.05, 3.63) is 59.0 Å². The quantitative estimate of drug-likeness (QED) is 0.820. The molecule has 0 aliphatic carbocycles. The maximum atomic E-state index is 12.0. The third-order valence-corrected chi connectivity index (χ3v) is 2.86. The van der Waals surface area contributed by atoms with Crippen LogP contribution in [0.3, 0.4) is 0 Å². The van der Waals surface area contributed by atoms with E-state index in [9.17, 15) is 9.59 Å². The molecule has 0 radical (unpaired) electrons. The van der Waals surface area contributed by atoms with Gasteiger partial charge in [-0.15, -0.1) is 0 Å². The molecular formula is C15H14N2O4. The molecule has 1 aromatic carbocycles. The number of hydrogen-bond donors (Lipinski definition) is 2. The molecule has 0 spiro atoms. The van der Waals surface area contributed by atoms with Crippen molar-refractivity contribution in [2.45, 2.75) is 13.5 Å². The van der Waals surface area contributed by atoms with Crippen molar-refractivity contribution in [3.63, 3.8) is 0 Å². The average molecular weight is 286 g/mol. The number of carbonyl (C=O) groups excluding carboxylic acids is 1. The molecule has 0 saturated carbocycles. The Hall–Kier alpha value is -2.89. The first-order valence-electron chi connectivity index (χ1n) is 6.25. The molecule has 6 nitrogen and oxygen atoms in total. The number of hydrogen-bond acceptors (Lipinski definition) is 4. The van der Waals surface area contributed by atoms with Crippen LogP contribution in [0.5, 0.6) is 0 Å². The number of carbonyl (C=O) groups is 2. The van der Waals surface area contributed by atoms with Crippen LogP contribution in [0.4, 0.5) is 0 Å². The van der Waals surface area contributed by atoms with Gasteiger partial charge in [0.1, 0.15) is 0 Å². The zero-order chi connectivity index (χ0) is 15.2. The summed E-state index contributed by atoms with van der Waals surface area (Å²) in [5.74, 6) is -0.743. The lowest BCUT2D eigenvalue weighted by atomic mass is 10.0. The van der Waals surface area contributed by atoms with E-state index in [0.717, 1.165) is 11.6 Å². The number of benzene rings is 1. The maximum Gasteiger partial charge on any atom is 0.328 e. The smallest absolute Gasteiger partial charge is 0.328 e. The highest BCUT2D eigenvalue weighted by Gasteiger charge is 2.08. The summed E-state index contributed by atoms with van der Waals surface area (Å²) in [6.45, 7) is 2.09. The summed E-state index contributed by atoms with van der Waals surface area (Å²) in [6.07, 6.45) is 4.01. The number of aliphatic carboxylic acids is 1. The summed E-state index contributed by atoms with van der Waals surface area (Å²) in [6, 6.07) is 6.76. The van der Waals surface area contributed by atoms with Crippen LogP contribution in [0.25, 0.3) is 6.08 Å². The van der Waals surface area contributed by atoms with Gasteiger partial charge in [0, 0.05) is 17.7 Å². The van der Waals surface area contributed by atoms with Crippen LogP contribution in [0.1, 0.15) is 27.2 Å². The first-order valence-corrected chi connectivity index (χ1v) is 6.25. The molecule has 0 aliphatic heterocycles. The molecule has 2 N–H and O–H groups in total. The van der Waals surface area contributed by atoms with Gasteiger partial charge < -0.3 is 14.9 Å². The second-order valence-electron chi connectivity index (χ2n) is 4.40. The van der Waals surface area contributed by atoms with E-state index in [2.05, 4.69) is 10.5 Å². The number of carboxylic acid groups (broad SMARTS) is 1. The number of aryl methyl sites for hydroxylation is 1. The van der Waals surface area contributed by atoms with Crippen LogP contribution in [0.15, 0.2) is 41.1 Å². The van der Waals surface area contributed by atoms with E-state index in [0.29, 0.717) is 16.9 Å². The van der Waals surface area contributed by atoms with Gasteiger partial charge in [-0.05, 0) is 36.3 Å². The average Bonchev–Trinajstić information content (AvgIpc) is 2.97. The van der Waals surface area contributed by atoms with Crippen molar-refractivity contribution < 1.29 is 19.2 Å². The van der Waals surface area contributed by atoms with E-state index < -0.39 is 5.97 Å². The number of amides is 1. The zero-order valence-electron chi connectivity index (χ0n) is 11.4. The number of aromatic nitrogens is 1. The second kappa shape index (κ2) is 6.51. The maximum absolute atomic E-state index is 12.0. The van der Waals surface area contributed by atoms with E-state index in [-0.39, 0.29) is 12.5 Å². The lowest BCUT2D eigenvalue weighted by Gasteiger charge is -2.06. The monoisotopic (exact) mass is 286 g/mol. The van der Waals surface area contributed by atoms with E-state index >= 15 is 0 Å². The summed E-state index contributed by atoms with van der Waals surface area (Å²) >= 11 is 0. The highest BCUT2D eigenvalue weighted by molar-refractivity contribution is 5.95. The highest BCUT2D eigenvalue weighted by atomic mass is 16.5. The van der Waals surface area contributed by atoms with Gasteiger partial charge in [-0.3, -0.25) is 4.79 Å². The molecule has 0 aliphatic rings. The minimum absolute atomic E-state index is 0.243. The highest BCUT2D eigenvalue weighted by Crippen LogP contribution is 2.13. The van der Waals surface area contributed by atoms with E-state index in [4.69, 9.17) is 9.63 Å². The molecule has 0 bridgehead atoms. The predicted octanol–water partition coefficient (Wildman–Crippen LogP) is 2.01. The Balaban J connectivity index is 2.10. The fourth-order valence-corrected chi connectivity index (χ4v) is 1.73. The molecule has 2 rings (SSSR count). The lowest BCUT2D eigenvalue weighted by Crippen LogP contribution is -2.22. The Morgan fingerprint density at radius 1 is 1.38 bits per heavy atom. The van der Waals surface area contributed by atoms with Crippen molar-refractivity contribution in [2.24, 2.45) is 0 Å². The van der Waals surface area contributed by atoms with Gasteiger partial charge in [0.2, 0.25) is 0 Å². The van der Waals surface area contributed by atoms with Crippen LogP contribution in [-0.2, 0) is 11.3 Å². The minimum atomic E-state index is -1.03. The van der Waals surface area contributed by atoms with E-state index in [1.165, 1.54) is 12.3 Å². The summed E-state index contributed by atoms with van der Waals surface area (Å²) < 4.78 is 4.89. The van der Waals surface area contributed by atoms with Gasteiger partial charge in [0.25, 0.3) is 5.91 Å². The van der Waals surface area contributed by atoms with Gasteiger partial charge in [-0.25, -0.2) is 4.79 Å². The van der Waals surface area contributed by atoms with Gasteiger partial charge in [0.15, 0.2) is 5.76 Å². The molecular weight excluding hydrogens is 272 g/mol. The fourth-order valence-electron chi connectivity index (χ4n) is 1.73. The molecule has 6 heteroatoms. The Labute approximate surface area is 121 Å². The number of carboxylic acids is 1. The molecule has 21 heavy (non-hydrogen) atoms. The van der Waals surface area contributed by atoms with E-state index in [1.807, 2.05) is 6.92 Å². The third kappa shape index (κ3) is 4.04. The summed E-state index contributed by atoms with van der Waals surface area (Å²) in [7, 11) is 0. The molecule has 2 aromatic rings. The summed E-state index contributed by atoms with van der Waals surface area (Å²) in [5.41, 5.74) is 2.02. The predicted molar refractivity (Wildman–Crippen MR) is 75.5 cm³/mol. The van der Waals surface area contributed by atoms with Crippen LogP contribution in [0, 0.1) is 6.92 Å². The van der Waals surface area contributed by atoms with Crippen molar-refractivity contribution in [1.29, 1.82) is 0 Å². The molecule has 0 saturated heterocycles. The SMILES string of the molecule is Cc1ccc(C(=O)NCc2ccno2)cc1/C=C/C(=O)O. The third-order valence-electron chi connectivity index (χ3n) is 2.86. The normalized spacial score (nSPS) is 10.7. The Kier molecular flexibility index (Phi) is 4.50. The second-order valence-corrected chi connectivity index (χ2v) is 4.40. The Bertz CT molecular complexity index is 675. The first kappa shape index (κ1) is 14.5. The Morgan fingerprint density at radius 3 is 2.86 bits per heavy atom. The first-order chi connectivity index (χ1) is 10.1. The molecule has 0 unspecified atom stereocenters. The lowest BCUT2D eigenvalue weighted by molar-refractivity contribution is -0.131. The van der Waals surface area contributed by atoms with E-state index in [1.54, 1.807) is 24.3 Å². The van der Waals surface area contributed by atoms with Gasteiger partial charge in [0.05, 0.1) is 12.7 Å². The standard InChI is InChI=1S/C15H14N2O4/c1-10-2-3-12(8-11(10)4-5-14(18)19)15(20)16-9-13-6-7-17-21-13/h2-8H,9H2,1H3,(H,16,20)(H,18,19)/b5-4+. The van der Waals surface area contributed by atoms with Crippen LogP contribution in [0.2, 0.25) is 0 Å². The van der Waals surface area contributed by atoms with Gasteiger partial charge in [-0.1, -0.05) is 11.2 Å². The van der Waals surface area contributed by atoms with Crippen molar-refractivity contribution in [1.82, 2.24) is 10.5 Å². The minimum Gasteiger partial charge on any atom is -0.478 e. The molecule has 0 fully saturated rings. The molecule has 1 heterocycles. The number of nitrogens with one attached hydrogen (secondary N) is 1. The molecule has 1 amide bonds. The number of rotatable bonds is 5. The molecule has 1 aromatic heterocycles. The topological polar surface area (TPSA) is 92.4 Å². The largest absolute Gasteiger partial charge is 0.478 e. The van der Waals surface area contributed by atoms with Crippen molar-refractivity contribution in [3.8, 4) is 0 Å². The van der Waals surface area contributed by atoms with Gasteiger partial charge >= 0.3 is 5.97 Å². The van der Waals surface area contributed by atoms with Gasteiger partial charge in [-0.2, -0.15) is 0 Å². The number of nitrogens with zero attached hydrogens (tertiary/aromatic N) is 1. The fraction of sp³-hybridized carbons (Fsp3) is 0.133. The zero-order valence-corrected chi connectivity index (χ0v) is 11.4.